The Bertz CT molecular complexity index is 825. The first kappa shape index (κ1) is 17.4. The van der Waals surface area contributed by atoms with Gasteiger partial charge in [-0.2, -0.15) is 8.78 Å². The maximum Gasteiger partial charge on any atom is 0.426 e. The molecule has 0 saturated heterocycles. The van der Waals surface area contributed by atoms with E-state index in [1.165, 1.54) is 17.7 Å². The van der Waals surface area contributed by atoms with Crippen LogP contribution < -0.4 is 4.74 Å². The molecule has 0 radical (unpaired) electrons. The minimum atomic E-state index is -3.37. The largest absolute Gasteiger partial charge is 0.429 e. The third-order valence-corrected chi connectivity index (χ3v) is 5.00. The molecule has 0 heterocycles. The summed E-state index contributed by atoms with van der Waals surface area (Å²) in [5.74, 6) is 0.151. The van der Waals surface area contributed by atoms with Gasteiger partial charge in [-0.05, 0) is 48.4 Å². The van der Waals surface area contributed by atoms with Crippen molar-refractivity contribution >= 4 is 10.2 Å². The lowest BCUT2D eigenvalue weighted by atomic mass is 10.0. The van der Waals surface area contributed by atoms with Gasteiger partial charge in [-0.15, -0.1) is 0 Å². The van der Waals surface area contributed by atoms with Gasteiger partial charge in [-0.3, -0.25) is 0 Å². The van der Waals surface area contributed by atoms with Gasteiger partial charge in [0.15, 0.2) is 0 Å². The predicted octanol–water partition coefficient (Wildman–Crippen LogP) is 4.66. The first-order valence-electron chi connectivity index (χ1n) is 8.31. The molecular weight excluding hydrogens is 334 g/mol. The highest BCUT2D eigenvalue weighted by atomic mass is 28.1. The van der Waals surface area contributed by atoms with Gasteiger partial charge in [-0.1, -0.05) is 59.7 Å². The van der Waals surface area contributed by atoms with E-state index >= 15 is 0 Å². The molecule has 0 fully saturated rings. The van der Waals surface area contributed by atoms with Crippen molar-refractivity contribution in [2.45, 2.75) is 19.1 Å². The summed E-state index contributed by atoms with van der Waals surface area (Å²) in [6.45, 7) is 1.90. The molecule has 0 spiro atoms. The van der Waals surface area contributed by atoms with E-state index in [-0.39, 0.29) is 11.3 Å². The minimum Gasteiger partial charge on any atom is -0.429 e. The quantitative estimate of drug-likeness (QED) is 0.606. The zero-order valence-electron chi connectivity index (χ0n) is 14.3. The Morgan fingerprint density at radius 2 is 1.32 bits per heavy atom. The van der Waals surface area contributed by atoms with Gasteiger partial charge in [-0.25, -0.2) is 0 Å². The summed E-state index contributed by atoms with van der Waals surface area (Å²) in [4.78, 5) is 0. The Balaban J connectivity index is 1.79. The van der Waals surface area contributed by atoms with Gasteiger partial charge >= 0.3 is 6.11 Å². The molecule has 0 bridgehead atoms. The average molecular weight is 354 g/mol. The highest BCUT2D eigenvalue weighted by Crippen LogP contribution is 2.33. The average Bonchev–Trinajstić information content (AvgIpc) is 2.64. The van der Waals surface area contributed by atoms with Crippen LogP contribution in [0.1, 0.15) is 16.7 Å². The SMILES string of the molecule is Cc1ccc(OC(F)(F)c2ccc(-c3ccc(C[SiH3])cc3)cc2)cc1. The maximum atomic E-state index is 14.4. The fraction of sp³-hybridized carbons (Fsp3) is 0.143. The molecule has 25 heavy (non-hydrogen) atoms. The fourth-order valence-corrected chi connectivity index (χ4v) is 3.07. The first-order chi connectivity index (χ1) is 12.0. The number of aryl methyl sites for hydroxylation is 1. The molecule has 0 N–H and O–H groups in total. The molecule has 0 saturated carbocycles. The van der Waals surface area contributed by atoms with Crippen molar-refractivity contribution in [3.8, 4) is 16.9 Å². The highest BCUT2D eigenvalue weighted by molar-refractivity contribution is 6.08. The van der Waals surface area contributed by atoms with Crippen LogP contribution in [-0.4, -0.2) is 10.2 Å². The lowest BCUT2D eigenvalue weighted by Crippen LogP contribution is -2.21. The van der Waals surface area contributed by atoms with Crippen molar-refractivity contribution in [3.63, 3.8) is 0 Å². The van der Waals surface area contributed by atoms with E-state index in [1.807, 2.05) is 19.1 Å². The smallest absolute Gasteiger partial charge is 0.426 e. The molecule has 1 nitrogen and oxygen atoms in total. The first-order valence-corrected chi connectivity index (χ1v) is 9.73. The molecular formula is C21H20F2OSi. The maximum absolute atomic E-state index is 14.4. The number of rotatable bonds is 5. The van der Waals surface area contributed by atoms with E-state index in [1.54, 1.807) is 36.4 Å². The van der Waals surface area contributed by atoms with Crippen molar-refractivity contribution < 1.29 is 13.5 Å². The minimum absolute atomic E-state index is 0.151. The Hall–Kier alpha value is -2.46. The molecule has 3 aromatic carbocycles. The van der Waals surface area contributed by atoms with Crippen LogP contribution in [0.4, 0.5) is 8.78 Å². The predicted molar refractivity (Wildman–Crippen MR) is 101 cm³/mol. The summed E-state index contributed by atoms with van der Waals surface area (Å²) in [5, 5.41) is 0. The van der Waals surface area contributed by atoms with E-state index in [2.05, 4.69) is 12.1 Å². The lowest BCUT2D eigenvalue weighted by Gasteiger charge is -2.18. The molecule has 128 valence electrons. The summed E-state index contributed by atoms with van der Waals surface area (Å²) >= 11 is 0. The van der Waals surface area contributed by atoms with Crippen LogP contribution in [0.15, 0.2) is 72.8 Å². The Labute approximate surface area is 149 Å². The number of hydrogen-bond acceptors (Lipinski definition) is 1. The monoisotopic (exact) mass is 354 g/mol. The Kier molecular flexibility index (Phi) is 5.00. The Morgan fingerprint density at radius 1 is 0.800 bits per heavy atom. The standard InChI is InChI=1S/C21H20F2OSi/c1-15-2-12-20(13-3-15)24-21(22,23)19-10-8-18(9-11-19)17-6-4-16(14-25)5-7-17/h2-13H,14H2,1,25H3. The van der Waals surface area contributed by atoms with Crippen molar-refractivity contribution in [1.82, 2.24) is 0 Å². The van der Waals surface area contributed by atoms with Crippen LogP contribution in [0.5, 0.6) is 5.75 Å². The van der Waals surface area contributed by atoms with Crippen molar-refractivity contribution in [2.24, 2.45) is 0 Å². The zero-order valence-corrected chi connectivity index (χ0v) is 16.3. The molecule has 0 atom stereocenters. The Morgan fingerprint density at radius 3 is 1.84 bits per heavy atom. The summed E-state index contributed by atoms with van der Waals surface area (Å²) in [5.41, 5.74) is 4.08. The van der Waals surface area contributed by atoms with Crippen LogP contribution in [-0.2, 0) is 12.2 Å². The molecule has 0 unspecified atom stereocenters. The topological polar surface area (TPSA) is 9.23 Å². The number of halogens is 2. The van der Waals surface area contributed by atoms with Gasteiger partial charge in [0.1, 0.15) is 5.75 Å². The van der Waals surface area contributed by atoms with E-state index < -0.39 is 6.11 Å². The molecule has 3 rings (SSSR count). The van der Waals surface area contributed by atoms with E-state index in [0.29, 0.717) is 0 Å². The fourth-order valence-electron chi connectivity index (χ4n) is 2.60. The van der Waals surface area contributed by atoms with Crippen molar-refractivity contribution in [1.29, 1.82) is 0 Å². The molecule has 0 amide bonds. The summed E-state index contributed by atoms with van der Waals surface area (Å²) in [6.07, 6.45) is -3.37. The molecule has 4 heteroatoms. The number of hydrogen-bond donors (Lipinski definition) is 0. The van der Waals surface area contributed by atoms with Gasteiger partial charge in [0, 0.05) is 10.2 Å². The summed E-state index contributed by atoms with van der Waals surface area (Å²) < 4.78 is 33.6. The summed E-state index contributed by atoms with van der Waals surface area (Å²) in [6, 6.07) is 22.2. The molecule has 0 aromatic heterocycles. The molecule has 0 aliphatic heterocycles. The second-order valence-corrected chi connectivity index (χ2v) is 6.77. The summed E-state index contributed by atoms with van der Waals surface area (Å²) in [7, 11) is 1.13. The lowest BCUT2D eigenvalue weighted by molar-refractivity contribution is -0.185. The van der Waals surface area contributed by atoms with E-state index in [4.69, 9.17) is 4.74 Å². The van der Waals surface area contributed by atoms with E-state index in [9.17, 15) is 8.78 Å². The third kappa shape index (κ3) is 4.14. The number of alkyl halides is 2. The van der Waals surface area contributed by atoms with Crippen molar-refractivity contribution in [3.05, 3.63) is 89.5 Å². The van der Waals surface area contributed by atoms with Gasteiger partial charge in [0.25, 0.3) is 0 Å². The number of ether oxygens (including phenoxy) is 1. The van der Waals surface area contributed by atoms with Crippen LogP contribution in [0.3, 0.4) is 0 Å². The van der Waals surface area contributed by atoms with E-state index in [0.717, 1.165) is 33.0 Å². The zero-order chi connectivity index (χ0) is 17.9. The normalized spacial score (nSPS) is 11.5. The second kappa shape index (κ2) is 7.19. The van der Waals surface area contributed by atoms with Gasteiger partial charge in [0.05, 0.1) is 5.56 Å². The number of benzene rings is 3. The molecule has 0 aliphatic rings. The van der Waals surface area contributed by atoms with Crippen molar-refractivity contribution in [2.75, 3.05) is 0 Å². The highest BCUT2D eigenvalue weighted by Gasteiger charge is 2.34. The second-order valence-electron chi connectivity index (χ2n) is 6.06. The molecule has 3 aromatic rings. The van der Waals surface area contributed by atoms with Crippen LogP contribution >= 0.6 is 0 Å². The van der Waals surface area contributed by atoms with Crippen LogP contribution in [0, 0.1) is 6.92 Å². The third-order valence-electron chi connectivity index (χ3n) is 4.18. The van der Waals surface area contributed by atoms with Crippen LogP contribution in [0.25, 0.3) is 11.1 Å². The molecule has 0 aliphatic carbocycles. The van der Waals surface area contributed by atoms with Gasteiger partial charge < -0.3 is 4.74 Å². The van der Waals surface area contributed by atoms with Crippen LogP contribution in [0.2, 0.25) is 0 Å². The van der Waals surface area contributed by atoms with Gasteiger partial charge in [0.2, 0.25) is 0 Å².